The van der Waals surface area contributed by atoms with Crippen LogP contribution in [0.3, 0.4) is 0 Å². The van der Waals surface area contributed by atoms with Crippen LogP contribution in [0.15, 0.2) is 34.3 Å². The van der Waals surface area contributed by atoms with Gasteiger partial charge in [-0.05, 0) is 37.5 Å². The highest BCUT2D eigenvalue weighted by Crippen LogP contribution is 2.31. The zero-order chi connectivity index (χ0) is 23.7. The molecule has 178 valence electrons. The normalized spacial score (nSPS) is 17.6. The monoisotopic (exact) mass is 463 g/mol. The number of piperazine rings is 1. The van der Waals surface area contributed by atoms with E-state index in [2.05, 4.69) is 25.2 Å². The van der Waals surface area contributed by atoms with Crippen molar-refractivity contribution >= 4 is 29.0 Å². The number of carbonyl (C=O) groups is 1. The predicted octanol–water partition coefficient (Wildman–Crippen LogP) is 1.64. The topological polar surface area (TPSA) is 118 Å². The summed E-state index contributed by atoms with van der Waals surface area (Å²) in [6, 6.07) is 3.69. The average molecular weight is 464 g/mol. The SMILES string of the molecule is Cc1c(CC=O)c(=O)n(C2CCCC2)c2nc(N=c3ccc(N4CCNCC4)cn3O)ncc12. The molecule has 2 fully saturated rings. The van der Waals surface area contributed by atoms with Crippen molar-refractivity contribution in [1.29, 1.82) is 0 Å². The molecule has 3 aromatic heterocycles. The van der Waals surface area contributed by atoms with Crippen LogP contribution in [0.1, 0.15) is 42.9 Å². The van der Waals surface area contributed by atoms with Gasteiger partial charge in [0.2, 0.25) is 0 Å². The highest BCUT2D eigenvalue weighted by molar-refractivity contribution is 5.81. The van der Waals surface area contributed by atoms with Crippen LogP contribution in [-0.2, 0) is 11.2 Å². The van der Waals surface area contributed by atoms with Crippen LogP contribution in [0.5, 0.6) is 0 Å². The lowest BCUT2D eigenvalue weighted by Crippen LogP contribution is -2.43. The van der Waals surface area contributed by atoms with E-state index in [-0.39, 0.29) is 24.0 Å². The minimum Gasteiger partial charge on any atom is -0.427 e. The van der Waals surface area contributed by atoms with Crippen LogP contribution in [0, 0.1) is 6.92 Å². The minimum absolute atomic E-state index is 0.0462. The Bertz CT molecular complexity index is 1350. The Morgan fingerprint density at radius 2 is 2.00 bits per heavy atom. The molecular formula is C24H29N7O3. The fraction of sp³-hybridized carbons (Fsp3) is 0.458. The van der Waals surface area contributed by atoms with Gasteiger partial charge in [-0.2, -0.15) is 14.7 Å². The van der Waals surface area contributed by atoms with Crippen LogP contribution in [0.2, 0.25) is 0 Å². The number of pyridine rings is 2. The van der Waals surface area contributed by atoms with Gasteiger partial charge >= 0.3 is 0 Å². The van der Waals surface area contributed by atoms with Crippen LogP contribution in [-0.4, -0.2) is 56.9 Å². The number of aldehydes is 1. The lowest BCUT2D eigenvalue weighted by molar-refractivity contribution is -0.107. The Morgan fingerprint density at radius 3 is 2.71 bits per heavy atom. The molecule has 0 radical (unpaired) electrons. The van der Waals surface area contributed by atoms with E-state index in [1.165, 1.54) is 0 Å². The lowest BCUT2D eigenvalue weighted by atomic mass is 10.0. The van der Waals surface area contributed by atoms with Gasteiger partial charge in [-0.25, -0.2) is 4.98 Å². The highest BCUT2D eigenvalue weighted by atomic mass is 16.5. The lowest BCUT2D eigenvalue weighted by Gasteiger charge is -2.29. The number of carbonyl (C=O) groups excluding carboxylic acids is 1. The van der Waals surface area contributed by atoms with E-state index in [4.69, 9.17) is 0 Å². The van der Waals surface area contributed by atoms with Crippen LogP contribution < -0.4 is 21.3 Å². The van der Waals surface area contributed by atoms with Crippen molar-refractivity contribution in [3.8, 4) is 0 Å². The Morgan fingerprint density at radius 1 is 1.24 bits per heavy atom. The molecular weight excluding hydrogens is 434 g/mol. The number of aryl methyl sites for hydroxylation is 1. The van der Waals surface area contributed by atoms with Gasteiger partial charge < -0.3 is 20.2 Å². The second-order valence-corrected chi connectivity index (χ2v) is 8.93. The molecule has 3 aromatic rings. The van der Waals surface area contributed by atoms with Gasteiger partial charge in [0, 0.05) is 55.8 Å². The number of hydrogen-bond acceptors (Lipinski definition) is 8. The molecule has 5 rings (SSSR count). The predicted molar refractivity (Wildman–Crippen MR) is 128 cm³/mol. The first kappa shape index (κ1) is 22.3. The molecule has 2 N–H and O–H groups in total. The molecule has 10 heteroatoms. The van der Waals surface area contributed by atoms with E-state index in [1.54, 1.807) is 23.0 Å². The van der Waals surface area contributed by atoms with E-state index >= 15 is 0 Å². The molecule has 0 aromatic carbocycles. The van der Waals surface area contributed by atoms with Gasteiger partial charge in [0.05, 0.1) is 11.9 Å². The molecule has 0 atom stereocenters. The molecule has 0 amide bonds. The van der Waals surface area contributed by atoms with Crippen molar-refractivity contribution < 1.29 is 10.0 Å². The molecule has 10 nitrogen and oxygen atoms in total. The summed E-state index contributed by atoms with van der Waals surface area (Å²) >= 11 is 0. The average Bonchev–Trinajstić information content (AvgIpc) is 3.38. The number of hydrogen-bond donors (Lipinski definition) is 2. The van der Waals surface area contributed by atoms with Crippen molar-refractivity contribution in [2.24, 2.45) is 4.99 Å². The maximum atomic E-state index is 13.4. The third kappa shape index (κ3) is 4.09. The molecule has 4 heterocycles. The third-order valence-electron chi connectivity index (χ3n) is 6.88. The van der Waals surface area contributed by atoms with E-state index < -0.39 is 0 Å². The molecule has 1 saturated heterocycles. The fourth-order valence-electron chi connectivity index (χ4n) is 5.03. The number of nitrogens with zero attached hydrogens (tertiary/aromatic N) is 6. The summed E-state index contributed by atoms with van der Waals surface area (Å²) in [5.74, 6) is 0.166. The number of nitrogens with one attached hydrogen (secondary N) is 1. The molecule has 0 unspecified atom stereocenters. The molecule has 1 aliphatic heterocycles. The summed E-state index contributed by atoms with van der Waals surface area (Å²) in [5.41, 5.74) is 2.80. The molecule has 34 heavy (non-hydrogen) atoms. The molecule has 2 aliphatic rings. The number of rotatable bonds is 5. The maximum Gasteiger partial charge on any atom is 0.256 e. The first-order valence-electron chi connectivity index (χ1n) is 11.8. The summed E-state index contributed by atoms with van der Waals surface area (Å²) in [6.07, 6.45) is 8.05. The Balaban J connectivity index is 1.60. The summed E-state index contributed by atoms with van der Waals surface area (Å²) in [5, 5.41) is 14.6. The van der Waals surface area contributed by atoms with Crippen molar-refractivity contribution in [3.63, 3.8) is 0 Å². The number of fused-ring (bicyclic) bond motifs is 1. The van der Waals surface area contributed by atoms with Crippen molar-refractivity contribution in [3.05, 3.63) is 51.5 Å². The van der Waals surface area contributed by atoms with Crippen molar-refractivity contribution in [1.82, 2.24) is 24.6 Å². The van der Waals surface area contributed by atoms with Gasteiger partial charge in [0.25, 0.3) is 11.5 Å². The summed E-state index contributed by atoms with van der Waals surface area (Å²) in [7, 11) is 0. The zero-order valence-electron chi connectivity index (χ0n) is 19.3. The van der Waals surface area contributed by atoms with Gasteiger partial charge in [0.1, 0.15) is 11.9 Å². The van der Waals surface area contributed by atoms with Gasteiger partial charge in [-0.1, -0.05) is 12.8 Å². The zero-order valence-corrected chi connectivity index (χ0v) is 19.3. The Kier molecular flexibility index (Phi) is 6.14. The van der Waals surface area contributed by atoms with Gasteiger partial charge in [0.15, 0.2) is 5.49 Å². The third-order valence-corrected chi connectivity index (χ3v) is 6.88. The molecule has 0 bridgehead atoms. The van der Waals surface area contributed by atoms with Crippen molar-refractivity contribution in [2.45, 2.75) is 45.1 Å². The first-order valence-corrected chi connectivity index (χ1v) is 11.8. The fourth-order valence-corrected chi connectivity index (χ4v) is 5.03. The van der Waals surface area contributed by atoms with Crippen LogP contribution >= 0.6 is 0 Å². The quantitative estimate of drug-likeness (QED) is 0.436. The van der Waals surface area contributed by atoms with Crippen molar-refractivity contribution in [2.75, 3.05) is 31.1 Å². The second kappa shape index (κ2) is 9.38. The standard InChI is InChI=1S/C24H29N7O3/c1-16-19(8-13-32)23(33)31(17-4-2-3-5-17)22-20(16)14-26-24(28-22)27-21-7-6-18(15-30(21)34)29-11-9-25-10-12-29/h6-7,13-15,17,25,34H,2-5,8-12H2,1H3. The second-order valence-electron chi connectivity index (χ2n) is 8.93. The highest BCUT2D eigenvalue weighted by Gasteiger charge is 2.24. The smallest absolute Gasteiger partial charge is 0.256 e. The minimum atomic E-state index is -0.161. The summed E-state index contributed by atoms with van der Waals surface area (Å²) < 4.78 is 2.71. The number of anilines is 1. The number of aromatic nitrogens is 4. The maximum absolute atomic E-state index is 13.4. The van der Waals surface area contributed by atoms with Crippen LogP contribution in [0.4, 0.5) is 11.6 Å². The Hall–Kier alpha value is -3.53. The summed E-state index contributed by atoms with van der Waals surface area (Å²) in [6.45, 7) is 5.37. The summed E-state index contributed by atoms with van der Waals surface area (Å²) in [4.78, 5) is 40.3. The van der Waals surface area contributed by atoms with Gasteiger partial charge in [-0.3, -0.25) is 9.36 Å². The van der Waals surface area contributed by atoms with E-state index in [1.807, 2.05) is 13.0 Å². The van der Waals surface area contributed by atoms with E-state index in [0.717, 1.165) is 79.5 Å². The molecule has 0 spiro atoms. The van der Waals surface area contributed by atoms with E-state index in [9.17, 15) is 14.8 Å². The first-order chi connectivity index (χ1) is 16.6. The van der Waals surface area contributed by atoms with E-state index in [0.29, 0.717) is 16.7 Å². The molecule has 1 saturated carbocycles. The largest absolute Gasteiger partial charge is 0.427 e. The van der Waals surface area contributed by atoms with Gasteiger partial charge in [-0.15, -0.1) is 0 Å². The van der Waals surface area contributed by atoms with Crippen LogP contribution in [0.25, 0.3) is 11.0 Å². The Labute approximate surface area is 196 Å². The molecule has 1 aliphatic carbocycles.